The highest BCUT2D eigenvalue weighted by molar-refractivity contribution is 6.01. The van der Waals surface area contributed by atoms with Crippen LogP contribution in [0.4, 0.5) is 0 Å². The van der Waals surface area contributed by atoms with Crippen molar-refractivity contribution in [2.45, 2.75) is 64.6 Å². The highest BCUT2D eigenvalue weighted by Gasteiger charge is 2.66. The van der Waals surface area contributed by atoms with E-state index in [9.17, 15) is 19.5 Å². The molecule has 8 nitrogen and oxygen atoms in total. The molecule has 192 valence electrons. The molecule has 0 aliphatic heterocycles. The van der Waals surface area contributed by atoms with Crippen LogP contribution in [-0.4, -0.2) is 68.1 Å². The highest BCUT2D eigenvalue weighted by Crippen LogP contribution is 2.65. The second-order valence-corrected chi connectivity index (χ2v) is 10.5. The van der Waals surface area contributed by atoms with Crippen molar-refractivity contribution in [3.63, 3.8) is 0 Å². The number of carbonyl (C=O) groups excluding carboxylic acids is 3. The molecule has 0 amide bonds. The molecule has 8 heteroatoms. The summed E-state index contributed by atoms with van der Waals surface area (Å²) >= 11 is 0. The first-order valence-electron chi connectivity index (χ1n) is 12.3. The van der Waals surface area contributed by atoms with E-state index in [4.69, 9.17) is 18.9 Å². The molecule has 0 aromatic heterocycles. The second kappa shape index (κ2) is 9.73. The summed E-state index contributed by atoms with van der Waals surface area (Å²) in [6.07, 6.45) is 7.35. The molecule has 5 atom stereocenters. The number of hydrogen-bond donors (Lipinski definition) is 1. The Morgan fingerprint density at radius 2 is 1.97 bits per heavy atom. The topological polar surface area (TPSA) is 108 Å². The average Bonchev–Trinajstić information content (AvgIpc) is 3.10. The monoisotopic (exact) mass is 488 g/mol. The maximum Gasteiger partial charge on any atom is 0.303 e. The molecule has 0 heterocycles. The van der Waals surface area contributed by atoms with Gasteiger partial charge >= 0.3 is 5.97 Å². The standard InChI is InChI=1S/C27H36O8/c1-17(28)34-15-23(31)27(35-16-33-12-11-32-4)10-8-21-20-6-5-18-13-19(29)7-9-25(18,2)24(20)22(30)14-26(21,27)3/h7,9,13,21-22,30H,5-6,8,10-12,14-16H2,1-4H3/t21-,22-,25-,26-,27-/m0/s1. The fourth-order valence-corrected chi connectivity index (χ4v) is 6.99. The number of hydrogen-bond acceptors (Lipinski definition) is 8. The smallest absolute Gasteiger partial charge is 0.303 e. The molecule has 0 bridgehead atoms. The van der Waals surface area contributed by atoms with Crippen LogP contribution in [0.1, 0.15) is 52.9 Å². The molecule has 35 heavy (non-hydrogen) atoms. The molecule has 0 spiro atoms. The van der Waals surface area contributed by atoms with Gasteiger partial charge in [0.25, 0.3) is 0 Å². The zero-order valence-corrected chi connectivity index (χ0v) is 21.1. The summed E-state index contributed by atoms with van der Waals surface area (Å²) in [5, 5.41) is 11.6. The predicted molar refractivity (Wildman–Crippen MR) is 126 cm³/mol. The van der Waals surface area contributed by atoms with Crippen molar-refractivity contribution in [3.8, 4) is 0 Å². The highest BCUT2D eigenvalue weighted by atomic mass is 16.7. The van der Waals surface area contributed by atoms with Gasteiger partial charge in [-0.2, -0.15) is 0 Å². The van der Waals surface area contributed by atoms with Crippen LogP contribution in [0.25, 0.3) is 0 Å². The third kappa shape index (κ3) is 4.24. The number of carbonyl (C=O) groups is 3. The number of rotatable bonds is 9. The number of aliphatic hydroxyl groups excluding tert-OH is 1. The first-order chi connectivity index (χ1) is 16.6. The summed E-state index contributed by atoms with van der Waals surface area (Å²) < 4.78 is 21.9. The fourth-order valence-electron chi connectivity index (χ4n) is 6.99. The van der Waals surface area contributed by atoms with Crippen molar-refractivity contribution in [3.05, 3.63) is 34.9 Å². The van der Waals surface area contributed by atoms with Crippen LogP contribution in [0.5, 0.6) is 0 Å². The van der Waals surface area contributed by atoms with E-state index in [1.54, 1.807) is 19.3 Å². The van der Waals surface area contributed by atoms with Gasteiger partial charge in [0.1, 0.15) is 12.4 Å². The van der Waals surface area contributed by atoms with Gasteiger partial charge in [0.05, 0.1) is 19.3 Å². The Bertz CT molecular complexity index is 993. The average molecular weight is 489 g/mol. The zero-order valence-electron chi connectivity index (χ0n) is 21.1. The van der Waals surface area contributed by atoms with Crippen molar-refractivity contribution < 1.29 is 38.4 Å². The third-order valence-corrected chi connectivity index (χ3v) is 8.66. The third-order valence-electron chi connectivity index (χ3n) is 8.66. The Kier molecular flexibility index (Phi) is 7.21. The van der Waals surface area contributed by atoms with E-state index < -0.39 is 28.5 Å². The number of Topliss-reactive ketones (excluding diaryl/α,β-unsaturated/α-hetero) is 1. The maximum atomic E-state index is 13.6. The minimum absolute atomic E-state index is 0.0190. The van der Waals surface area contributed by atoms with Gasteiger partial charge in [-0.05, 0) is 62.7 Å². The lowest BCUT2D eigenvalue weighted by atomic mass is 9.52. The molecule has 0 aromatic rings. The maximum absolute atomic E-state index is 13.6. The number of fused-ring (bicyclic) bond motifs is 4. The molecular weight excluding hydrogens is 452 g/mol. The lowest BCUT2D eigenvalue weighted by Gasteiger charge is -2.54. The van der Waals surface area contributed by atoms with Crippen LogP contribution in [0.2, 0.25) is 0 Å². The molecule has 0 unspecified atom stereocenters. The minimum Gasteiger partial charge on any atom is -0.458 e. The number of esters is 1. The summed E-state index contributed by atoms with van der Waals surface area (Å²) in [7, 11) is 1.58. The van der Waals surface area contributed by atoms with E-state index in [1.165, 1.54) is 6.92 Å². The molecule has 0 saturated heterocycles. The van der Waals surface area contributed by atoms with Crippen molar-refractivity contribution in [2.75, 3.05) is 33.7 Å². The lowest BCUT2D eigenvalue weighted by Crippen LogP contribution is -2.58. The van der Waals surface area contributed by atoms with Gasteiger partial charge in [-0.3, -0.25) is 14.4 Å². The summed E-state index contributed by atoms with van der Waals surface area (Å²) in [5.74, 6) is -0.841. The van der Waals surface area contributed by atoms with Crippen LogP contribution >= 0.6 is 0 Å². The summed E-state index contributed by atoms with van der Waals surface area (Å²) in [6, 6.07) is 0. The minimum atomic E-state index is -1.25. The summed E-state index contributed by atoms with van der Waals surface area (Å²) in [4.78, 5) is 37.1. The van der Waals surface area contributed by atoms with E-state index in [0.29, 0.717) is 32.5 Å². The quantitative estimate of drug-likeness (QED) is 0.228. The fraction of sp³-hybridized carbons (Fsp3) is 0.667. The molecule has 4 rings (SSSR count). The number of aliphatic hydroxyl groups is 1. The van der Waals surface area contributed by atoms with Gasteiger partial charge in [0, 0.05) is 24.9 Å². The number of allylic oxidation sites excluding steroid dienone is 5. The Labute approximate surface area is 206 Å². The van der Waals surface area contributed by atoms with Crippen molar-refractivity contribution in [2.24, 2.45) is 16.7 Å². The van der Waals surface area contributed by atoms with Gasteiger partial charge < -0.3 is 24.1 Å². The van der Waals surface area contributed by atoms with Crippen LogP contribution < -0.4 is 0 Å². The van der Waals surface area contributed by atoms with E-state index in [-0.39, 0.29) is 30.9 Å². The van der Waals surface area contributed by atoms with Gasteiger partial charge in [0.15, 0.2) is 12.4 Å². The molecule has 4 aliphatic rings. The van der Waals surface area contributed by atoms with Crippen LogP contribution in [0.3, 0.4) is 0 Å². The largest absolute Gasteiger partial charge is 0.458 e. The summed E-state index contributed by atoms with van der Waals surface area (Å²) in [6.45, 7) is 5.58. The van der Waals surface area contributed by atoms with Crippen LogP contribution in [0, 0.1) is 16.7 Å². The van der Waals surface area contributed by atoms with E-state index >= 15 is 0 Å². The molecule has 0 radical (unpaired) electrons. The molecule has 1 fully saturated rings. The number of ketones is 2. The van der Waals surface area contributed by atoms with Crippen LogP contribution in [0.15, 0.2) is 34.9 Å². The Morgan fingerprint density at radius 1 is 1.20 bits per heavy atom. The second-order valence-electron chi connectivity index (χ2n) is 10.5. The Hall–Kier alpha value is -2.13. The molecule has 1 saturated carbocycles. The molecule has 0 aromatic carbocycles. The van der Waals surface area contributed by atoms with E-state index in [0.717, 1.165) is 29.6 Å². The van der Waals surface area contributed by atoms with E-state index in [1.807, 2.05) is 13.0 Å². The first-order valence-corrected chi connectivity index (χ1v) is 12.3. The van der Waals surface area contributed by atoms with Gasteiger partial charge in [-0.25, -0.2) is 0 Å². The van der Waals surface area contributed by atoms with Crippen molar-refractivity contribution in [1.82, 2.24) is 0 Å². The SMILES string of the molecule is COCCOCO[C@]1(C(=O)COC(C)=O)CC[C@H]2C3=C([C@@H](O)C[C@@]21C)[C@@]1(C)C=CC(=O)C=C1CC3. The van der Waals surface area contributed by atoms with Crippen molar-refractivity contribution in [1.29, 1.82) is 0 Å². The molecular formula is C27H36O8. The van der Waals surface area contributed by atoms with Crippen molar-refractivity contribution >= 4 is 17.5 Å². The Balaban J connectivity index is 1.70. The number of methoxy groups -OCH3 is 1. The predicted octanol–water partition coefficient (Wildman–Crippen LogP) is 2.84. The zero-order chi connectivity index (χ0) is 25.4. The van der Waals surface area contributed by atoms with Gasteiger partial charge in [-0.1, -0.05) is 24.1 Å². The number of ether oxygens (including phenoxy) is 4. The van der Waals surface area contributed by atoms with E-state index in [2.05, 4.69) is 6.92 Å². The molecule has 4 aliphatic carbocycles. The first kappa shape index (κ1) is 25.9. The Morgan fingerprint density at radius 3 is 2.69 bits per heavy atom. The lowest BCUT2D eigenvalue weighted by molar-refractivity contribution is -0.202. The van der Waals surface area contributed by atoms with Crippen LogP contribution in [-0.2, 0) is 33.3 Å². The van der Waals surface area contributed by atoms with Gasteiger partial charge in [-0.15, -0.1) is 0 Å². The van der Waals surface area contributed by atoms with Gasteiger partial charge in [0.2, 0.25) is 5.78 Å². The summed E-state index contributed by atoms with van der Waals surface area (Å²) in [5.41, 5.74) is 0.689. The molecule has 1 N–H and O–H groups in total. The normalized spacial score (nSPS) is 35.8.